The molecule has 0 aromatic heterocycles. The van der Waals surface area contributed by atoms with Crippen LogP contribution in [0, 0.1) is 3.57 Å². The van der Waals surface area contributed by atoms with Crippen LogP contribution in [-0.2, 0) is 11.2 Å². The van der Waals surface area contributed by atoms with Crippen molar-refractivity contribution in [1.82, 2.24) is 0 Å². The van der Waals surface area contributed by atoms with Gasteiger partial charge >= 0.3 is 0 Å². The maximum atomic E-state index is 11.0. The Balaban J connectivity index is 2.54. The minimum atomic E-state index is 0.199. The van der Waals surface area contributed by atoms with Crippen molar-refractivity contribution in [3.63, 3.8) is 0 Å². The predicted molar refractivity (Wildman–Crippen MR) is 56.9 cm³/mol. The van der Waals surface area contributed by atoms with Crippen LogP contribution in [0.3, 0.4) is 0 Å². The maximum Gasteiger partial charge on any atom is 0.160 e. The number of fused-ring (bicyclic) bond motifs is 1. The van der Waals surface area contributed by atoms with Crippen molar-refractivity contribution in [1.29, 1.82) is 0 Å². The number of carbonyl (C=O) groups excluding carboxylic acids is 1. The van der Waals surface area contributed by atoms with Gasteiger partial charge in [0.1, 0.15) is 0 Å². The van der Waals surface area contributed by atoms with Crippen LogP contribution in [0.2, 0.25) is 0 Å². The summed E-state index contributed by atoms with van der Waals surface area (Å²) in [6, 6.07) is 6.18. The zero-order valence-corrected chi connectivity index (χ0v) is 8.54. The van der Waals surface area contributed by atoms with Crippen LogP contribution in [0.1, 0.15) is 11.1 Å². The number of hydrogen-bond donors (Lipinski definition) is 0. The molecule has 0 fully saturated rings. The monoisotopic (exact) mass is 270 g/mol. The third-order valence-electron chi connectivity index (χ3n) is 1.92. The lowest BCUT2D eigenvalue weighted by molar-refractivity contribution is -0.114. The Kier molecular flexibility index (Phi) is 2.00. The van der Waals surface area contributed by atoms with Gasteiger partial charge in [0.05, 0.1) is 0 Å². The molecule has 0 heterocycles. The second kappa shape index (κ2) is 3.01. The van der Waals surface area contributed by atoms with Crippen LogP contribution in [0.15, 0.2) is 24.3 Å². The molecule has 0 radical (unpaired) electrons. The Labute approximate surface area is 84.6 Å². The molecule has 0 aliphatic heterocycles. The topological polar surface area (TPSA) is 17.1 Å². The molecule has 1 nitrogen and oxygen atoms in total. The van der Waals surface area contributed by atoms with Gasteiger partial charge < -0.3 is 0 Å². The minimum absolute atomic E-state index is 0.199. The standard InChI is InChI=1S/C10H7IO/c11-9-3-1-7-2-4-10(12)6-8(7)5-9/h1-5H,6H2. The second-order valence-electron chi connectivity index (χ2n) is 2.82. The first-order valence-electron chi connectivity index (χ1n) is 3.75. The average Bonchev–Trinajstić information content (AvgIpc) is 2.03. The predicted octanol–water partition coefficient (Wildman–Crippen LogP) is 2.43. The fourth-order valence-electron chi connectivity index (χ4n) is 1.32. The highest BCUT2D eigenvalue weighted by Gasteiger charge is 2.09. The lowest BCUT2D eigenvalue weighted by atomic mass is 9.97. The molecule has 0 saturated carbocycles. The van der Waals surface area contributed by atoms with Crippen molar-refractivity contribution in [3.8, 4) is 0 Å². The van der Waals surface area contributed by atoms with Crippen LogP contribution < -0.4 is 0 Å². The van der Waals surface area contributed by atoms with E-state index in [0.717, 1.165) is 5.56 Å². The lowest BCUT2D eigenvalue weighted by Gasteiger charge is -2.08. The van der Waals surface area contributed by atoms with E-state index in [1.807, 2.05) is 6.08 Å². The summed E-state index contributed by atoms with van der Waals surface area (Å²) in [5, 5.41) is 0. The Morgan fingerprint density at radius 1 is 1.25 bits per heavy atom. The zero-order chi connectivity index (χ0) is 8.55. The quantitative estimate of drug-likeness (QED) is 0.662. The van der Waals surface area contributed by atoms with Crippen molar-refractivity contribution in [2.24, 2.45) is 0 Å². The van der Waals surface area contributed by atoms with E-state index in [1.165, 1.54) is 9.13 Å². The molecular formula is C10H7IO. The summed E-state index contributed by atoms with van der Waals surface area (Å²) in [4.78, 5) is 11.0. The zero-order valence-electron chi connectivity index (χ0n) is 6.38. The Morgan fingerprint density at radius 3 is 2.92 bits per heavy atom. The van der Waals surface area contributed by atoms with E-state index in [1.54, 1.807) is 6.08 Å². The van der Waals surface area contributed by atoms with E-state index in [4.69, 9.17) is 0 Å². The first-order chi connectivity index (χ1) is 5.75. The number of benzene rings is 1. The Bertz CT molecular complexity index is 366. The summed E-state index contributed by atoms with van der Waals surface area (Å²) in [5.74, 6) is 0.199. The molecule has 1 aromatic rings. The first-order valence-corrected chi connectivity index (χ1v) is 4.83. The summed E-state index contributed by atoms with van der Waals surface area (Å²) < 4.78 is 1.19. The van der Waals surface area contributed by atoms with Crippen LogP contribution >= 0.6 is 22.6 Å². The molecule has 0 bridgehead atoms. The first kappa shape index (κ1) is 7.98. The summed E-state index contributed by atoms with van der Waals surface area (Å²) in [7, 11) is 0. The van der Waals surface area contributed by atoms with Gasteiger partial charge in [0.2, 0.25) is 0 Å². The third-order valence-corrected chi connectivity index (χ3v) is 2.59. The van der Waals surface area contributed by atoms with Crippen LogP contribution in [0.25, 0.3) is 6.08 Å². The van der Waals surface area contributed by atoms with Gasteiger partial charge in [0, 0.05) is 9.99 Å². The van der Waals surface area contributed by atoms with Gasteiger partial charge in [-0.1, -0.05) is 12.1 Å². The van der Waals surface area contributed by atoms with Gasteiger partial charge in [0.15, 0.2) is 5.78 Å². The second-order valence-corrected chi connectivity index (χ2v) is 4.07. The largest absolute Gasteiger partial charge is 0.294 e. The number of allylic oxidation sites excluding steroid dienone is 1. The SMILES string of the molecule is O=C1C=Cc2ccc(I)cc2C1. The Hall–Kier alpha value is -0.640. The fraction of sp³-hybridized carbons (Fsp3) is 0.100. The van der Waals surface area contributed by atoms with Crippen molar-refractivity contribution >= 4 is 34.5 Å². The van der Waals surface area contributed by atoms with Crippen molar-refractivity contribution < 1.29 is 4.79 Å². The molecule has 0 atom stereocenters. The van der Waals surface area contributed by atoms with Gasteiger partial charge in [-0.3, -0.25) is 4.79 Å². The highest BCUT2D eigenvalue weighted by molar-refractivity contribution is 14.1. The summed E-state index contributed by atoms with van der Waals surface area (Å²) in [6.07, 6.45) is 4.09. The van der Waals surface area contributed by atoms with E-state index in [0.29, 0.717) is 6.42 Å². The van der Waals surface area contributed by atoms with Gasteiger partial charge in [-0.15, -0.1) is 0 Å². The van der Waals surface area contributed by atoms with E-state index >= 15 is 0 Å². The van der Waals surface area contributed by atoms with E-state index < -0.39 is 0 Å². The van der Waals surface area contributed by atoms with Crippen molar-refractivity contribution in [2.75, 3.05) is 0 Å². The molecule has 0 N–H and O–H groups in total. The van der Waals surface area contributed by atoms with E-state index in [2.05, 4.69) is 40.8 Å². The number of carbonyl (C=O) groups is 1. The molecule has 60 valence electrons. The molecule has 12 heavy (non-hydrogen) atoms. The lowest BCUT2D eigenvalue weighted by Crippen LogP contribution is -2.05. The van der Waals surface area contributed by atoms with E-state index in [-0.39, 0.29) is 5.78 Å². The molecule has 0 unspecified atom stereocenters. The minimum Gasteiger partial charge on any atom is -0.294 e. The molecule has 0 amide bonds. The number of ketones is 1. The van der Waals surface area contributed by atoms with Crippen molar-refractivity contribution in [3.05, 3.63) is 39.0 Å². The van der Waals surface area contributed by atoms with Gasteiger partial charge in [-0.2, -0.15) is 0 Å². The Morgan fingerprint density at radius 2 is 2.08 bits per heavy atom. The molecule has 1 aliphatic rings. The normalized spacial score (nSPS) is 14.6. The van der Waals surface area contributed by atoms with Crippen LogP contribution in [0.5, 0.6) is 0 Å². The molecule has 2 heteroatoms. The van der Waals surface area contributed by atoms with Gasteiger partial charge in [-0.25, -0.2) is 0 Å². The van der Waals surface area contributed by atoms with E-state index in [9.17, 15) is 4.79 Å². The summed E-state index contributed by atoms with van der Waals surface area (Å²) in [6.45, 7) is 0. The third kappa shape index (κ3) is 1.43. The maximum absolute atomic E-state index is 11.0. The van der Waals surface area contributed by atoms with Gasteiger partial charge in [0.25, 0.3) is 0 Å². The van der Waals surface area contributed by atoms with Crippen molar-refractivity contribution in [2.45, 2.75) is 6.42 Å². The smallest absolute Gasteiger partial charge is 0.160 e. The fourth-order valence-corrected chi connectivity index (χ4v) is 1.88. The molecular weight excluding hydrogens is 263 g/mol. The highest BCUT2D eigenvalue weighted by Crippen LogP contribution is 2.19. The molecule has 0 saturated heterocycles. The molecule has 2 rings (SSSR count). The summed E-state index contributed by atoms with van der Waals surface area (Å²) >= 11 is 2.26. The number of rotatable bonds is 0. The molecule has 1 aliphatic carbocycles. The number of hydrogen-bond acceptors (Lipinski definition) is 1. The van der Waals surface area contributed by atoms with Crippen LogP contribution in [0.4, 0.5) is 0 Å². The molecule has 1 aromatic carbocycles. The molecule has 0 spiro atoms. The van der Waals surface area contributed by atoms with Gasteiger partial charge in [-0.05, 0) is 51.9 Å². The average molecular weight is 270 g/mol. The number of halogens is 1. The van der Waals surface area contributed by atoms with Crippen LogP contribution in [-0.4, -0.2) is 5.78 Å². The highest BCUT2D eigenvalue weighted by atomic mass is 127. The summed E-state index contributed by atoms with van der Waals surface area (Å²) in [5.41, 5.74) is 2.32.